The SMILES string of the molecule is CCc1ccc(CC(O)c2cc(C)c(C)cc2C)cc1. The molecule has 0 radical (unpaired) electrons. The monoisotopic (exact) mass is 268 g/mol. The fraction of sp³-hybridized carbons (Fsp3) is 0.368. The Labute approximate surface area is 122 Å². The third-order valence-electron chi connectivity index (χ3n) is 4.10. The van der Waals surface area contributed by atoms with Crippen LogP contribution < -0.4 is 0 Å². The molecular formula is C19H24O. The van der Waals surface area contributed by atoms with Gasteiger partial charge >= 0.3 is 0 Å². The normalized spacial score (nSPS) is 12.4. The fourth-order valence-electron chi connectivity index (χ4n) is 2.59. The highest BCUT2D eigenvalue weighted by Crippen LogP contribution is 2.24. The number of hydrogen-bond donors (Lipinski definition) is 1. The van der Waals surface area contributed by atoms with Crippen molar-refractivity contribution >= 4 is 0 Å². The van der Waals surface area contributed by atoms with E-state index in [1.54, 1.807) is 0 Å². The fourth-order valence-corrected chi connectivity index (χ4v) is 2.59. The second-order valence-corrected chi connectivity index (χ2v) is 5.68. The first-order chi connectivity index (χ1) is 9.51. The van der Waals surface area contributed by atoms with Crippen molar-refractivity contribution in [3.8, 4) is 0 Å². The van der Waals surface area contributed by atoms with Gasteiger partial charge in [0.2, 0.25) is 0 Å². The molecule has 1 N–H and O–H groups in total. The molecule has 2 aromatic rings. The van der Waals surface area contributed by atoms with E-state index >= 15 is 0 Å². The van der Waals surface area contributed by atoms with E-state index in [1.807, 2.05) is 0 Å². The summed E-state index contributed by atoms with van der Waals surface area (Å²) in [6.07, 6.45) is 1.30. The van der Waals surface area contributed by atoms with Crippen LogP contribution >= 0.6 is 0 Å². The number of rotatable bonds is 4. The zero-order valence-electron chi connectivity index (χ0n) is 12.9. The van der Waals surface area contributed by atoms with Gasteiger partial charge in [-0.25, -0.2) is 0 Å². The lowest BCUT2D eigenvalue weighted by Gasteiger charge is -2.16. The van der Waals surface area contributed by atoms with Crippen molar-refractivity contribution in [2.75, 3.05) is 0 Å². The smallest absolute Gasteiger partial charge is 0.0833 e. The molecule has 2 aromatic carbocycles. The van der Waals surface area contributed by atoms with Crippen LogP contribution in [0.1, 0.15) is 46.4 Å². The predicted octanol–water partition coefficient (Wildman–Crippen LogP) is 4.45. The molecule has 1 unspecified atom stereocenters. The number of aliphatic hydroxyl groups is 1. The maximum absolute atomic E-state index is 10.5. The van der Waals surface area contributed by atoms with Crippen LogP contribution in [0.25, 0.3) is 0 Å². The van der Waals surface area contributed by atoms with E-state index in [2.05, 4.69) is 64.1 Å². The molecule has 106 valence electrons. The molecule has 0 amide bonds. The van der Waals surface area contributed by atoms with Gasteiger partial charge in [-0.2, -0.15) is 0 Å². The molecule has 0 aromatic heterocycles. The first-order valence-corrected chi connectivity index (χ1v) is 7.35. The van der Waals surface area contributed by atoms with Gasteiger partial charge in [0.25, 0.3) is 0 Å². The molecule has 1 atom stereocenters. The highest BCUT2D eigenvalue weighted by atomic mass is 16.3. The summed E-state index contributed by atoms with van der Waals surface area (Å²) < 4.78 is 0. The van der Waals surface area contributed by atoms with E-state index in [0.717, 1.165) is 12.0 Å². The second kappa shape index (κ2) is 6.23. The Morgan fingerprint density at radius 1 is 0.850 bits per heavy atom. The van der Waals surface area contributed by atoms with Gasteiger partial charge in [-0.15, -0.1) is 0 Å². The van der Waals surface area contributed by atoms with Crippen LogP contribution in [0.5, 0.6) is 0 Å². The lowest BCUT2D eigenvalue weighted by atomic mass is 9.93. The van der Waals surface area contributed by atoms with Gasteiger partial charge in [-0.1, -0.05) is 43.3 Å². The minimum atomic E-state index is -0.429. The molecule has 0 saturated carbocycles. The van der Waals surface area contributed by atoms with Gasteiger partial charge in [-0.05, 0) is 60.6 Å². The molecule has 0 spiro atoms. The average molecular weight is 268 g/mol. The molecule has 1 heteroatoms. The Balaban J connectivity index is 2.18. The van der Waals surface area contributed by atoms with Crippen molar-refractivity contribution in [2.45, 2.75) is 46.6 Å². The number of hydrogen-bond acceptors (Lipinski definition) is 1. The van der Waals surface area contributed by atoms with E-state index in [-0.39, 0.29) is 0 Å². The van der Waals surface area contributed by atoms with Crippen LogP contribution in [0.2, 0.25) is 0 Å². The van der Waals surface area contributed by atoms with Crippen LogP contribution in [0.3, 0.4) is 0 Å². The molecule has 0 aliphatic carbocycles. The molecule has 2 rings (SSSR count). The van der Waals surface area contributed by atoms with Crippen LogP contribution in [0, 0.1) is 20.8 Å². The summed E-state index contributed by atoms with van der Waals surface area (Å²) in [5, 5.41) is 10.5. The Kier molecular flexibility index (Phi) is 4.61. The largest absolute Gasteiger partial charge is 0.388 e. The van der Waals surface area contributed by atoms with E-state index in [4.69, 9.17) is 0 Å². The third kappa shape index (κ3) is 3.29. The molecule has 1 nitrogen and oxygen atoms in total. The maximum Gasteiger partial charge on any atom is 0.0833 e. The first kappa shape index (κ1) is 14.8. The second-order valence-electron chi connectivity index (χ2n) is 5.68. The Morgan fingerprint density at radius 3 is 2.00 bits per heavy atom. The Bertz CT molecular complexity index is 581. The molecule has 0 saturated heterocycles. The van der Waals surface area contributed by atoms with Gasteiger partial charge in [0.15, 0.2) is 0 Å². The lowest BCUT2D eigenvalue weighted by molar-refractivity contribution is 0.177. The van der Waals surface area contributed by atoms with Crippen LogP contribution in [0.4, 0.5) is 0 Å². The summed E-state index contributed by atoms with van der Waals surface area (Å²) in [6, 6.07) is 12.8. The van der Waals surface area contributed by atoms with E-state index in [9.17, 15) is 5.11 Å². The van der Waals surface area contributed by atoms with Crippen LogP contribution in [-0.2, 0) is 12.8 Å². The van der Waals surface area contributed by atoms with E-state index in [1.165, 1.54) is 27.8 Å². The summed E-state index contributed by atoms with van der Waals surface area (Å²) in [5.41, 5.74) is 7.27. The van der Waals surface area contributed by atoms with E-state index in [0.29, 0.717) is 6.42 Å². The Morgan fingerprint density at radius 2 is 1.40 bits per heavy atom. The van der Waals surface area contributed by atoms with Crippen LogP contribution in [0.15, 0.2) is 36.4 Å². The topological polar surface area (TPSA) is 20.2 Å². The molecular weight excluding hydrogens is 244 g/mol. The van der Waals surface area contributed by atoms with Gasteiger partial charge in [0.1, 0.15) is 0 Å². The summed E-state index contributed by atoms with van der Waals surface area (Å²) in [4.78, 5) is 0. The summed E-state index contributed by atoms with van der Waals surface area (Å²) >= 11 is 0. The molecule has 0 heterocycles. The Hall–Kier alpha value is -1.60. The van der Waals surface area contributed by atoms with Crippen molar-refractivity contribution < 1.29 is 5.11 Å². The minimum Gasteiger partial charge on any atom is -0.388 e. The average Bonchev–Trinajstić information content (AvgIpc) is 2.43. The standard InChI is InChI=1S/C19H24O/c1-5-16-6-8-17(9-7-16)12-19(20)18-11-14(3)13(2)10-15(18)4/h6-11,19-20H,5,12H2,1-4H3. The zero-order valence-corrected chi connectivity index (χ0v) is 12.9. The lowest BCUT2D eigenvalue weighted by Crippen LogP contribution is -2.05. The number of aliphatic hydroxyl groups excluding tert-OH is 1. The highest BCUT2D eigenvalue weighted by molar-refractivity contribution is 5.38. The highest BCUT2D eigenvalue weighted by Gasteiger charge is 2.12. The van der Waals surface area contributed by atoms with Gasteiger partial charge in [0, 0.05) is 6.42 Å². The summed E-state index contributed by atoms with van der Waals surface area (Å²) in [5.74, 6) is 0. The van der Waals surface area contributed by atoms with Crippen LogP contribution in [-0.4, -0.2) is 5.11 Å². The molecule has 0 aliphatic heterocycles. The van der Waals surface area contributed by atoms with Crippen molar-refractivity contribution in [1.82, 2.24) is 0 Å². The summed E-state index contributed by atoms with van der Waals surface area (Å²) in [7, 11) is 0. The maximum atomic E-state index is 10.5. The first-order valence-electron chi connectivity index (χ1n) is 7.35. The number of benzene rings is 2. The molecule has 0 aliphatic rings. The quantitative estimate of drug-likeness (QED) is 0.868. The van der Waals surface area contributed by atoms with Crippen molar-refractivity contribution in [3.05, 3.63) is 69.8 Å². The van der Waals surface area contributed by atoms with E-state index < -0.39 is 6.10 Å². The van der Waals surface area contributed by atoms with Crippen molar-refractivity contribution in [3.63, 3.8) is 0 Å². The number of aryl methyl sites for hydroxylation is 4. The summed E-state index contributed by atoms with van der Waals surface area (Å²) in [6.45, 7) is 8.44. The molecule has 0 bridgehead atoms. The minimum absolute atomic E-state index is 0.429. The predicted molar refractivity (Wildman–Crippen MR) is 85.1 cm³/mol. The van der Waals surface area contributed by atoms with Crippen molar-refractivity contribution in [2.24, 2.45) is 0 Å². The molecule has 20 heavy (non-hydrogen) atoms. The third-order valence-corrected chi connectivity index (χ3v) is 4.10. The zero-order chi connectivity index (χ0) is 14.7. The van der Waals surface area contributed by atoms with Gasteiger partial charge in [0.05, 0.1) is 6.10 Å². The van der Waals surface area contributed by atoms with Gasteiger partial charge in [-0.3, -0.25) is 0 Å². The van der Waals surface area contributed by atoms with Crippen molar-refractivity contribution in [1.29, 1.82) is 0 Å². The molecule has 0 fully saturated rings. The van der Waals surface area contributed by atoms with Gasteiger partial charge < -0.3 is 5.11 Å².